The molecule has 1 aromatic rings. The van der Waals surface area contributed by atoms with Crippen LogP contribution in [0.3, 0.4) is 0 Å². The monoisotopic (exact) mass is 294 g/mol. The highest BCUT2D eigenvalue weighted by atomic mass is 35.5. The van der Waals surface area contributed by atoms with Crippen LogP contribution in [-0.2, 0) is 10.0 Å². The summed E-state index contributed by atoms with van der Waals surface area (Å²) in [4.78, 5) is 3.92. The average molecular weight is 295 g/mol. The maximum absolute atomic E-state index is 12.0. The average Bonchev–Trinajstić information content (AvgIpc) is 2.85. The summed E-state index contributed by atoms with van der Waals surface area (Å²) in [6, 6.07) is 0. The van der Waals surface area contributed by atoms with Gasteiger partial charge in [-0.3, -0.25) is 0 Å². The van der Waals surface area contributed by atoms with Gasteiger partial charge in [-0.05, 0) is 25.7 Å². The molecule has 1 heterocycles. The fourth-order valence-electron chi connectivity index (χ4n) is 2.11. The molecule has 1 N–H and O–H groups in total. The topological polar surface area (TPSA) is 59.1 Å². The molecule has 96 valence electrons. The first-order chi connectivity index (χ1) is 7.99. The quantitative estimate of drug-likeness (QED) is 0.928. The number of aryl methyl sites for hydroxylation is 1. The molecule has 0 aromatic carbocycles. The lowest BCUT2D eigenvalue weighted by molar-refractivity contribution is 0.520. The Morgan fingerprint density at radius 2 is 2.12 bits per heavy atom. The van der Waals surface area contributed by atoms with Gasteiger partial charge >= 0.3 is 0 Å². The van der Waals surface area contributed by atoms with Crippen molar-refractivity contribution in [2.45, 2.75) is 36.8 Å². The molecule has 17 heavy (non-hydrogen) atoms. The second-order valence-electron chi connectivity index (χ2n) is 4.34. The minimum atomic E-state index is -3.44. The molecule has 1 saturated carbocycles. The number of thiazole rings is 1. The summed E-state index contributed by atoms with van der Waals surface area (Å²) in [7, 11) is -3.44. The van der Waals surface area contributed by atoms with Crippen LogP contribution in [0.25, 0.3) is 0 Å². The third-order valence-electron chi connectivity index (χ3n) is 3.01. The van der Waals surface area contributed by atoms with Gasteiger partial charge < -0.3 is 0 Å². The summed E-state index contributed by atoms with van der Waals surface area (Å²) in [5, 5.41) is 0. The van der Waals surface area contributed by atoms with Gasteiger partial charge in [-0.2, -0.15) is 0 Å². The van der Waals surface area contributed by atoms with Crippen molar-refractivity contribution >= 4 is 33.0 Å². The number of hydrogen-bond acceptors (Lipinski definition) is 4. The Bertz CT molecular complexity index is 492. The molecule has 0 bridgehead atoms. The van der Waals surface area contributed by atoms with Crippen molar-refractivity contribution in [1.29, 1.82) is 0 Å². The fourth-order valence-corrected chi connectivity index (χ4v) is 5.01. The van der Waals surface area contributed by atoms with E-state index in [0.717, 1.165) is 24.2 Å². The van der Waals surface area contributed by atoms with Crippen molar-refractivity contribution in [1.82, 2.24) is 9.71 Å². The molecule has 7 heteroatoms. The molecule has 4 nitrogen and oxygen atoms in total. The predicted octanol–water partition coefficient (Wildman–Crippen LogP) is 2.57. The van der Waals surface area contributed by atoms with Crippen molar-refractivity contribution in [3.05, 3.63) is 10.2 Å². The highest BCUT2D eigenvalue weighted by molar-refractivity contribution is 7.91. The lowest BCUT2D eigenvalue weighted by Crippen LogP contribution is -2.28. The smallest absolute Gasteiger partial charge is 0.229 e. The normalized spacial score (nSPS) is 17.8. The molecule has 1 fully saturated rings. The predicted molar refractivity (Wildman–Crippen MR) is 69.0 cm³/mol. The second kappa shape index (κ2) is 5.22. The van der Waals surface area contributed by atoms with Gasteiger partial charge in [0.1, 0.15) is 0 Å². The number of nitrogens with one attached hydrogen (secondary N) is 1. The van der Waals surface area contributed by atoms with Gasteiger partial charge in [0.05, 0.1) is 5.69 Å². The van der Waals surface area contributed by atoms with E-state index in [1.165, 1.54) is 12.8 Å². The van der Waals surface area contributed by atoms with Crippen LogP contribution in [0, 0.1) is 12.8 Å². The highest BCUT2D eigenvalue weighted by Gasteiger charge is 2.23. The zero-order chi connectivity index (χ0) is 12.5. The highest BCUT2D eigenvalue weighted by Crippen LogP contribution is 2.28. The van der Waals surface area contributed by atoms with E-state index in [1.807, 2.05) is 0 Å². The number of halogens is 1. The minimum Gasteiger partial charge on any atom is -0.229 e. The van der Waals surface area contributed by atoms with Crippen molar-refractivity contribution in [3.8, 4) is 0 Å². The number of rotatable bonds is 4. The van der Waals surface area contributed by atoms with Gasteiger partial charge in [0, 0.05) is 6.54 Å². The Labute approximate surface area is 110 Å². The summed E-state index contributed by atoms with van der Waals surface area (Å²) >= 11 is 6.72. The van der Waals surface area contributed by atoms with Crippen LogP contribution in [0.2, 0.25) is 4.47 Å². The number of nitrogens with zero attached hydrogens (tertiary/aromatic N) is 1. The number of hydrogen-bond donors (Lipinski definition) is 1. The molecule has 1 aromatic heterocycles. The van der Waals surface area contributed by atoms with Crippen molar-refractivity contribution < 1.29 is 8.42 Å². The van der Waals surface area contributed by atoms with Gasteiger partial charge in [-0.15, -0.1) is 0 Å². The lowest BCUT2D eigenvalue weighted by Gasteiger charge is -2.10. The van der Waals surface area contributed by atoms with E-state index in [1.54, 1.807) is 6.92 Å². The van der Waals surface area contributed by atoms with Gasteiger partial charge in [-0.1, -0.05) is 35.8 Å². The van der Waals surface area contributed by atoms with E-state index in [9.17, 15) is 8.42 Å². The summed E-state index contributed by atoms with van der Waals surface area (Å²) in [6.07, 6.45) is 4.64. The van der Waals surface area contributed by atoms with Crippen molar-refractivity contribution in [2.75, 3.05) is 6.54 Å². The van der Waals surface area contributed by atoms with E-state index in [2.05, 4.69) is 9.71 Å². The summed E-state index contributed by atoms with van der Waals surface area (Å²) in [5.41, 5.74) is 0.471. The Hall–Kier alpha value is -0.170. The molecule has 0 amide bonds. The largest absolute Gasteiger partial charge is 0.251 e. The molecular weight excluding hydrogens is 280 g/mol. The van der Waals surface area contributed by atoms with Crippen LogP contribution in [-0.4, -0.2) is 19.9 Å². The lowest BCUT2D eigenvalue weighted by atomic mass is 10.1. The molecule has 0 saturated heterocycles. The Morgan fingerprint density at radius 3 is 2.65 bits per heavy atom. The molecule has 0 atom stereocenters. The summed E-state index contributed by atoms with van der Waals surface area (Å²) in [6.45, 7) is 2.18. The zero-order valence-electron chi connectivity index (χ0n) is 9.57. The van der Waals surface area contributed by atoms with Gasteiger partial charge in [-0.25, -0.2) is 18.1 Å². The molecule has 1 aliphatic rings. The van der Waals surface area contributed by atoms with Crippen LogP contribution < -0.4 is 4.72 Å². The van der Waals surface area contributed by atoms with Crippen molar-refractivity contribution in [3.63, 3.8) is 0 Å². The molecule has 2 rings (SSSR count). The van der Waals surface area contributed by atoms with Crippen LogP contribution in [0.1, 0.15) is 31.4 Å². The first kappa shape index (κ1) is 13.3. The van der Waals surface area contributed by atoms with Crippen molar-refractivity contribution in [2.24, 2.45) is 5.92 Å². The zero-order valence-corrected chi connectivity index (χ0v) is 12.0. The molecular formula is C10H15ClN2O2S2. The summed E-state index contributed by atoms with van der Waals surface area (Å²) in [5.74, 6) is 0.480. The Morgan fingerprint density at radius 1 is 1.47 bits per heavy atom. The van der Waals surface area contributed by atoms with Crippen LogP contribution >= 0.6 is 22.9 Å². The van der Waals surface area contributed by atoms with E-state index >= 15 is 0 Å². The van der Waals surface area contributed by atoms with E-state index in [4.69, 9.17) is 11.6 Å². The molecule has 0 aliphatic heterocycles. The van der Waals surface area contributed by atoms with E-state index < -0.39 is 10.0 Å². The van der Waals surface area contributed by atoms with Crippen LogP contribution in [0.4, 0.5) is 0 Å². The third kappa shape index (κ3) is 3.19. The molecule has 0 spiro atoms. The summed E-state index contributed by atoms with van der Waals surface area (Å²) < 4.78 is 27.2. The number of aromatic nitrogens is 1. The minimum absolute atomic E-state index is 0.237. The van der Waals surface area contributed by atoms with Gasteiger partial charge in [0.25, 0.3) is 10.0 Å². The van der Waals surface area contributed by atoms with Crippen LogP contribution in [0.5, 0.6) is 0 Å². The third-order valence-corrected chi connectivity index (χ3v) is 6.30. The molecule has 0 radical (unpaired) electrons. The maximum atomic E-state index is 12.0. The van der Waals surface area contributed by atoms with E-state index in [0.29, 0.717) is 18.2 Å². The van der Waals surface area contributed by atoms with Gasteiger partial charge in [0.2, 0.25) is 0 Å². The molecule has 0 unspecified atom stereocenters. The first-order valence-corrected chi connectivity index (χ1v) is 8.29. The number of sulfonamides is 1. The maximum Gasteiger partial charge on any atom is 0.251 e. The van der Waals surface area contributed by atoms with Gasteiger partial charge in [0.15, 0.2) is 8.68 Å². The Balaban J connectivity index is 2.05. The first-order valence-electron chi connectivity index (χ1n) is 5.61. The standard InChI is InChI=1S/C10H15ClN2O2S2/c1-7-9(16-10(11)13-7)17(14,15)12-6-8-4-2-3-5-8/h8,12H,2-6H2,1H3. The fraction of sp³-hybridized carbons (Fsp3) is 0.700. The Kier molecular flexibility index (Phi) is 4.07. The van der Waals surface area contributed by atoms with E-state index in [-0.39, 0.29) is 8.68 Å². The molecule has 1 aliphatic carbocycles. The SMILES string of the molecule is Cc1nc(Cl)sc1S(=O)(=O)NCC1CCCC1. The second-order valence-corrected chi connectivity index (χ2v) is 7.89. The van der Waals surface area contributed by atoms with Crippen LogP contribution in [0.15, 0.2) is 4.21 Å².